The van der Waals surface area contributed by atoms with E-state index < -0.39 is 0 Å². The van der Waals surface area contributed by atoms with Crippen LogP contribution in [0.25, 0.3) is 10.3 Å². The van der Waals surface area contributed by atoms with Crippen molar-refractivity contribution in [1.82, 2.24) is 9.55 Å². The van der Waals surface area contributed by atoms with Gasteiger partial charge in [-0.15, -0.1) is 0 Å². The summed E-state index contributed by atoms with van der Waals surface area (Å²) >= 11 is 1.61. The van der Waals surface area contributed by atoms with Crippen molar-refractivity contribution in [2.24, 2.45) is 0 Å². The van der Waals surface area contributed by atoms with E-state index in [0.29, 0.717) is 5.92 Å². The fraction of sp³-hybridized carbons (Fsp3) is 0.615. The van der Waals surface area contributed by atoms with Crippen LogP contribution in [-0.4, -0.2) is 9.55 Å². The minimum Gasteiger partial charge on any atom is -0.390 e. The van der Waals surface area contributed by atoms with Gasteiger partial charge in [-0.1, -0.05) is 30.6 Å². The number of hydrogen-bond donors (Lipinski definition) is 1. The minimum absolute atomic E-state index is 0.671. The van der Waals surface area contributed by atoms with Crippen molar-refractivity contribution >= 4 is 26.7 Å². The summed E-state index contributed by atoms with van der Waals surface area (Å²) in [6.07, 6.45) is 6.72. The molecule has 1 aliphatic rings. The largest absolute Gasteiger partial charge is 0.390 e. The summed E-state index contributed by atoms with van der Waals surface area (Å²) < 4.78 is 2.36. The first-order valence-electron chi connectivity index (χ1n) is 6.55. The molecule has 1 aliphatic carbocycles. The first-order valence-corrected chi connectivity index (χ1v) is 7.36. The van der Waals surface area contributed by atoms with Gasteiger partial charge in [-0.2, -0.15) is 0 Å². The molecular weight excluding hydrogens is 230 g/mol. The lowest BCUT2D eigenvalue weighted by Gasteiger charge is -2.21. The highest BCUT2D eigenvalue weighted by Crippen LogP contribution is 2.36. The monoisotopic (exact) mass is 249 g/mol. The number of anilines is 1. The van der Waals surface area contributed by atoms with Crippen LogP contribution in [0.4, 0.5) is 5.00 Å². The third kappa shape index (κ3) is 1.84. The zero-order valence-electron chi connectivity index (χ0n) is 10.3. The summed E-state index contributed by atoms with van der Waals surface area (Å²) in [5.41, 5.74) is 7.08. The van der Waals surface area contributed by atoms with E-state index in [4.69, 9.17) is 10.7 Å². The average molecular weight is 249 g/mol. The molecule has 0 unspecified atom stereocenters. The molecule has 2 heterocycles. The Morgan fingerprint density at radius 1 is 1.41 bits per heavy atom. The second kappa shape index (κ2) is 4.33. The number of nitrogen functional groups attached to an aromatic ring is 1. The van der Waals surface area contributed by atoms with Gasteiger partial charge in [-0.25, -0.2) is 4.98 Å². The van der Waals surface area contributed by atoms with E-state index in [1.807, 2.05) is 0 Å². The van der Waals surface area contributed by atoms with E-state index in [1.54, 1.807) is 11.3 Å². The number of thiophene rings is 1. The smallest absolute Gasteiger partial charge is 0.143 e. The van der Waals surface area contributed by atoms with Crippen LogP contribution >= 0.6 is 11.3 Å². The van der Waals surface area contributed by atoms with Crippen LogP contribution in [0, 0.1) is 0 Å². The Hall–Kier alpha value is -1.03. The lowest BCUT2D eigenvalue weighted by Crippen LogP contribution is -2.11. The number of nitrogens with two attached hydrogens (primary N) is 1. The van der Waals surface area contributed by atoms with E-state index in [2.05, 4.69) is 17.6 Å². The topological polar surface area (TPSA) is 43.8 Å². The number of aromatic nitrogens is 2. The SMILES string of the molecule is CCn1c(C2CCCCC2)nc2sc(N)cc21. The van der Waals surface area contributed by atoms with Crippen molar-refractivity contribution in [1.29, 1.82) is 0 Å². The molecule has 0 radical (unpaired) electrons. The Bertz CT molecular complexity index is 520. The molecule has 2 aromatic heterocycles. The van der Waals surface area contributed by atoms with Crippen molar-refractivity contribution < 1.29 is 0 Å². The normalized spacial score (nSPS) is 17.9. The quantitative estimate of drug-likeness (QED) is 0.881. The summed E-state index contributed by atoms with van der Waals surface area (Å²) in [6, 6.07) is 2.07. The molecule has 0 amide bonds. The molecule has 3 nitrogen and oxygen atoms in total. The predicted molar refractivity (Wildman–Crippen MR) is 73.5 cm³/mol. The third-order valence-corrected chi connectivity index (χ3v) is 4.63. The Morgan fingerprint density at radius 2 is 2.18 bits per heavy atom. The number of imidazole rings is 1. The van der Waals surface area contributed by atoms with E-state index in [-0.39, 0.29) is 0 Å². The van der Waals surface area contributed by atoms with Crippen LogP contribution in [0.15, 0.2) is 6.07 Å². The zero-order valence-corrected chi connectivity index (χ0v) is 11.1. The van der Waals surface area contributed by atoms with Crippen LogP contribution in [0.2, 0.25) is 0 Å². The van der Waals surface area contributed by atoms with Gasteiger partial charge in [0.2, 0.25) is 0 Å². The van der Waals surface area contributed by atoms with Crippen molar-refractivity contribution in [3.8, 4) is 0 Å². The maximum atomic E-state index is 5.85. The molecule has 92 valence electrons. The van der Waals surface area contributed by atoms with Crippen LogP contribution in [0.1, 0.15) is 50.8 Å². The predicted octanol–water partition coefficient (Wildman–Crippen LogP) is 3.75. The summed E-state index contributed by atoms with van der Waals surface area (Å²) in [7, 11) is 0. The van der Waals surface area contributed by atoms with E-state index in [1.165, 1.54) is 43.4 Å². The second-order valence-electron chi connectivity index (χ2n) is 4.89. The first-order chi connectivity index (χ1) is 8.29. The molecule has 1 saturated carbocycles. The highest BCUT2D eigenvalue weighted by atomic mass is 32.1. The Kier molecular flexibility index (Phi) is 2.82. The maximum absolute atomic E-state index is 5.85. The van der Waals surface area contributed by atoms with Gasteiger partial charge in [0.1, 0.15) is 10.7 Å². The van der Waals surface area contributed by atoms with E-state index >= 15 is 0 Å². The average Bonchev–Trinajstić information content (AvgIpc) is 2.85. The number of aryl methyl sites for hydroxylation is 1. The fourth-order valence-corrected chi connectivity index (χ4v) is 3.76. The van der Waals surface area contributed by atoms with Crippen LogP contribution < -0.4 is 5.73 Å². The van der Waals surface area contributed by atoms with Crippen molar-refractivity contribution in [3.05, 3.63) is 11.9 Å². The molecule has 1 fully saturated rings. The highest BCUT2D eigenvalue weighted by molar-refractivity contribution is 7.22. The van der Waals surface area contributed by atoms with Gasteiger partial charge in [-0.05, 0) is 25.8 Å². The van der Waals surface area contributed by atoms with Crippen molar-refractivity contribution in [2.45, 2.75) is 51.5 Å². The maximum Gasteiger partial charge on any atom is 0.143 e. The number of nitrogens with zero attached hydrogens (tertiary/aromatic N) is 2. The Labute approximate surface area is 106 Å². The summed E-state index contributed by atoms with van der Waals surface area (Å²) in [5.74, 6) is 1.97. The van der Waals surface area contributed by atoms with Crippen LogP contribution in [0.3, 0.4) is 0 Å². The molecule has 2 aromatic rings. The van der Waals surface area contributed by atoms with Gasteiger partial charge in [0.15, 0.2) is 0 Å². The van der Waals surface area contributed by atoms with Gasteiger partial charge in [-0.3, -0.25) is 0 Å². The summed E-state index contributed by atoms with van der Waals surface area (Å²) in [6.45, 7) is 3.19. The van der Waals surface area contributed by atoms with Crippen LogP contribution in [-0.2, 0) is 6.54 Å². The van der Waals surface area contributed by atoms with Crippen LogP contribution in [0.5, 0.6) is 0 Å². The van der Waals surface area contributed by atoms with Gasteiger partial charge in [0, 0.05) is 12.5 Å². The molecule has 2 N–H and O–H groups in total. The Morgan fingerprint density at radius 3 is 2.88 bits per heavy atom. The van der Waals surface area contributed by atoms with Gasteiger partial charge < -0.3 is 10.3 Å². The lowest BCUT2D eigenvalue weighted by atomic mass is 9.88. The standard InChI is InChI=1S/C13H19N3S/c1-2-16-10-8-11(14)17-13(10)15-12(16)9-6-4-3-5-7-9/h8-9H,2-7,14H2,1H3. The molecular formula is C13H19N3S. The van der Waals surface area contributed by atoms with Gasteiger partial charge in [0.05, 0.1) is 10.5 Å². The molecule has 17 heavy (non-hydrogen) atoms. The molecule has 0 atom stereocenters. The number of fused-ring (bicyclic) bond motifs is 1. The Balaban J connectivity index is 2.05. The highest BCUT2D eigenvalue weighted by Gasteiger charge is 2.22. The van der Waals surface area contributed by atoms with Gasteiger partial charge >= 0.3 is 0 Å². The molecule has 3 rings (SSSR count). The summed E-state index contributed by atoms with van der Waals surface area (Å²) in [5, 5.41) is 0.875. The molecule has 0 spiro atoms. The number of hydrogen-bond acceptors (Lipinski definition) is 3. The number of rotatable bonds is 2. The first kappa shape index (κ1) is 11.1. The fourth-order valence-electron chi connectivity index (χ4n) is 2.96. The molecule has 0 aliphatic heterocycles. The molecule has 0 bridgehead atoms. The van der Waals surface area contributed by atoms with Gasteiger partial charge in [0.25, 0.3) is 0 Å². The minimum atomic E-state index is 0.671. The molecule has 4 heteroatoms. The summed E-state index contributed by atoms with van der Waals surface area (Å²) in [4.78, 5) is 5.95. The van der Waals surface area contributed by atoms with E-state index in [9.17, 15) is 0 Å². The van der Waals surface area contributed by atoms with Crippen molar-refractivity contribution in [3.63, 3.8) is 0 Å². The second-order valence-corrected chi connectivity index (χ2v) is 5.95. The third-order valence-electron chi connectivity index (χ3n) is 3.78. The van der Waals surface area contributed by atoms with Crippen molar-refractivity contribution in [2.75, 3.05) is 5.73 Å². The zero-order chi connectivity index (χ0) is 11.8. The molecule has 0 aromatic carbocycles. The molecule has 0 saturated heterocycles. The lowest BCUT2D eigenvalue weighted by molar-refractivity contribution is 0.419. The van der Waals surface area contributed by atoms with E-state index in [0.717, 1.165) is 16.4 Å².